The second kappa shape index (κ2) is 3.99. The lowest BCUT2D eigenvalue weighted by molar-refractivity contribution is -0.131. The summed E-state index contributed by atoms with van der Waals surface area (Å²) in [5.41, 5.74) is 0. The molecule has 0 aromatic carbocycles. The number of nitrogens with zero attached hydrogens (tertiary/aromatic N) is 1. The molecule has 2 fully saturated rings. The fourth-order valence-electron chi connectivity index (χ4n) is 2.77. The van der Waals surface area contributed by atoms with Crippen LogP contribution in [0.3, 0.4) is 0 Å². The fraction of sp³-hybridized carbons (Fsp3) is 0.900. The molecule has 1 amide bonds. The largest absolute Gasteiger partial charge is 0.339 e. The van der Waals surface area contributed by atoms with Crippen LogP contribution >= 0.6 is 15.9 Å². The van der Waals surface area contributed by atoms with Crippen LogP contribution in [0.5, 0.6) is 0 Å². The zero-order valence-corrected chi connectivity index (χ0v) is 9.42. The fourth-order valence-corrected chi connectivity index (χ4v) is 3.11. The van der Waals surface area contributed by atoms with Crippen LogP contribution in [0.15, 0.2) is 0 Å². The summed E-state index contributed by atoms with van der Waals surface area (Å²) < 4.78 is 0. The average molecular weight is 246 g/mol. The van der Waals surface area contributed by atoms with E-state index in [0.29, 0.717) is 18.4 Å². The zero-order chi connectivity index (χ0) is 9.26. The smallest absolute Gasteiger partial charge is 0.223 e. The Morgan fingerprint density at radius 3 is 3.00 bits per heavy atom. The molecule has 1 saturated carbocycles. The predicted octanol–water partition coefficient (Wildman–Crippen LogP) is 2.17. The molecular formula is C10H16BrNO. The Bertz CT molecular complexity index is 207. The predicted molar refractivity (Wildman–Crippen MR) is 55.9 cm³/mol. The van der Waals surface area contributed by atoms with E-state index in [9.17, 15) is 4.79 Å². The third kappa shape index (κ3) is 1.76. The van der Waals surface area contributed by atoms with Gasteiger partial charge in [-0.25, -0.2) is 0 Å². The molecule has 1 saturated heterocycles. The van der Waals surface area contributed by atoms with Gasteiger partial charge in [-0.1, -0.05) is 22.4 Å². The number of hydrogen-bond acceptors (Lipinski definition) is 1. The van der Waals surface area contributed by atoms with Gasteiger partial charge in [0.2, 0.25) is 5.91 Å². The number of alkyl halides is 1. The minimum atomic E-state index is 0.353. The maximum absolute atomic E-state index is 11.7. The van der Waals surface area contributed by atoms with Crippen LogP contribution in [-0.2, 0) is 4.79 Å². The average Bonchev–Trinajstić information content (AvgIpc) is 2.62. The van der Waals surface area contributed by atoms with Gasteiger partial charge in [0, 0.05) is 24.3 Å². The molecule has 74 valence electrons. The van der Waals surface area contributed by atoms with Crippen molar-refractivity contribution in [3.63, 3.8) is 0 Å². The summed E-state index contributed by atoms with van der Waals surface area (Å²) in [5, 5.41) is 0.805. The first-order valence-electron chi connectivity index (χ1n) is 5.18. The van der Waals surface area contributed by atoms with E-state index >= 15 is 0 Å². The molecule has 0 radical (unpaired) electrons. The molecule has 0 N–H and O–H groups in total. The molecule has 2 rings (SSSR count). The lowest BCUT2D eigenvalue weighted by Gasteiger charge is -2.23. The standard InChI is InChI=1S/C10H16BrNO/c11-6-4-10(13)12-7-5-8-2-1-3-9(8)12/h8-9H,1-7H2. The van der Waals surface area contributed by atoms with Gasteiger partial charge in [-0.3, -0.25) is 4.79 Å². The van der Waals surface area contributed by atoms with Crippen molar-refractivity contribution in [1.29, 1.82) is 0 Å². The van der Waals surface area contributed by atoms with E-state index in [1.54, 1.807) is 0 Å². The maximum Gasteiger partial charge on any atom is 0.223 e. The lowest BCUT2D eigenvalue weighted by Crippen LogP contribution is -2.35. The number of carbonyl (C=O) groups is 1. The van der Waals surface area contributed by atoms with Gasteiger partial charge in [-0.05, 0) is 25.2 Å². The minimum absolute atomic E-state index is 0.353. The van der Waals surface area contributed by atoms with Crippen LogP contribution in [0.25, 0.3) is 0 Å². The summed E-state index contributed by atoms with van der Waals surface area (Å²) in [6.45, 7) is 1.02. The lowest BCUT2D eigenvalue weighted by atomic mass is 10.0. The summed E-state index contributed by atoms with van der Waals surface area (Å²) in [6, 6.07) is 0.603. The summed E-state index contributed by atoms with van der Waals surface area (Å²) in [7, 11) is 0. The summed E-state index contributed by atoms with van der Waals surface area (Å²) in [6.07, 6.45) is 5.84. The van der Waals surface area contributed by atoms with E-state index in [-0.39, 0.29) is 0 Å². The Kier molecular flexibility index (Phi) is 2.92. The molecule has 3 heteroatoms. The van der Waals surface area contributed by atoms with Gasteiger partial charge >= 0.3 is 0 Å². The van der Waals surface area contributed by atoms with Gasteiger partial charge < -0.3 is 4.90 Å². The molecule has 2 atom stereocenters. The van der Waals surface area contributed by atoms with Crippen LogP contribution in [0, 0.1) is 5.92 Å². The second-order valence-corrected chi connectivity index (χ2v) is 4.87. The Balaban J connectivity index is 1.96. The first-order chi connectivity index (χ1) is 6.33. The van der Waals surface area contributed by atoms with Crippen molar-refractivity contribution >= 4 is 21.8 Å². The second-order valence-electron chi connectivity index (χ2n) is 4.07. The number of amides is 1. The quantitative estimate of drug-likeness (QED) is 0.684. The number of likely N-dealkylation sites (tertiary alicyclic amines) is 1. The number of hydrogen-bond donors (Lipinski definition) is 0. The summed E-state index contributed by atoms with van der Waals surface area (Å²) in [4.78, 5) is 13.8. The molecule has 0 bridgehead atoms. The highest BCUT2D eigenvalue weighted by Crippen LogP contribution is 2.37. The Morgan fingerprint density at radius 1 is 1.38 bits per heavy atom. The number of carbonyl (C=O) groups excluding carboxylic acids is 1. The Morgan fingerprint density at radius 2 is 2.23 bits per heavy atom. The maximum atomic E-state index is 11.7. The molecule has 13 heavy (non-hydrogen) atoms. The van der Waals surface area contributed by atoms with E-state index in [4.69, 9.17) is 0 Å². The Labute approximate surface area is 87.8 Å². The van der Waals surface area contributed by atoms with Gasteiger partial charge in [-0.2, -0.15) is 0 Å². The van der Waals surface area contributed by atoms with Crippen LogP contribution in [0.4, 0.5) is 0 Å². The van der Waals surface area contributed by atoms with E-state index in [0.717, 1.165) is 17.8 Å². The summed E-state index contributed by atoms with van der Waals surface area (Å²) >= 11 is 3.32. The van der Waals surface area contributed by atoms with Crippen LogP contribution in [0.1, 0.15) is 32.1 Å². The Hall–Kier alpha value is -0.0500. The molecule has 1 heterocycles. The minimum Gasteiger partial charge on any atom is -0.339 e. The van der Waals surface area contributed by atoms with Crippen molar-refractivity contribution in [3.05, 3.63) is 0 Å². The molecule has 2 nitrogen and oxygen atoms in total. The van der Waals surface area contributed by atoms with E-state index < -0.39 is 0 Å². The van der Waals surface area contributed by atoms with Crippen LogP contribution in [-0.4, -0.2) is 28.7 Å². The van der Waals surface area contributed by atoms with Crippen molar-refractivity contribution in [2.45, 2.75) is 38.1 Å². The van der Waals surface area contributed by atoms with Crippen molar-refractivity contribution < 1.29 is 4.79 Å². The van der Waals surface area contributed by atoms with Crippen molar-refractivity contribution in [3.8, 4) is 0 Å². The van der Waals surface area contributed by atoms with E-state index in [1.165, 1.54) is 25.7 Å². The molecule has 2 aliphatic rings. The van der Waals surface area contributed by atoms with Crippen LogP contribution in [0.2, 0.25) is 0 Å². The van der Waals surface area contributed by atoms with Gasteiger partial charge in [0.05, 0.1) is 0 Å². The van der Waals surface area contributed by atoms with E-state index in [1.807, 2.05) is 0 Å². The normalized spacial score (nSPS) is 32.2. The monoisotopic (exact) mass is 245 g/mol. The molecule has 1 aliphatic carbocycles. The highest BCUT2D eigenvalue weighted by Gasteiger charge is 2.39. The molecular weight excluding hydrogens is 230 g/mol. The molecule has 1 aliphatic heterocycles. The van der Waals surface area contributed by atoms with E-state index in [2.05, 4.69) is 20.8 Å². The van der Waals surface area contributed by atoms with Crippen LogP contribution < -0.4 is 0 Å². The number of fused-ring (bicyclic) bond motifs is 1. The van der Waals surface area contributed by atoms with Crippen molar-refractivity contribution in [1.82, 2.24) is 4.90 Å². The van der Waals surface area contributed by atoms with Crippen molar-refractivity contribution in [2.75, 3.05) is 11.9 Å². The van der Waals surface area contributed by atoms with Gasteiger partial charge in [0.15, 0.2) is 0 Å². The number of rotatable bonds is 2. The third-order valence-electron chi connectivity index (χ3n) is 3.39. The highest BCUT2D eigenvalue weighted by atomic mass is 79.9. The first-order valence-corrected chi connectivity index (χ1v) is 6.30. The SMILES string of the molecule is O=C(CCBr)N1CCC2CCCC21. The first kappa shape index (κ1) is 9.50. The number of halogens is 1. The third-order valence-corrected chi connectivity index (χ3v) is 3.79. The highest BCUT2D eigenvalue weighted by molar-refractivity contribution is 9.09. The molecule has 0 aromatic rings. The summed E-state index contributed by atoms with van der Waals surface area (Å²) in [5.74, 6) is 1.19. The van der Waals surface area contributed by atoms with Gasteiger partial charge in [0.1, 0.15) is 0 Å². The molecule has 0 spiro atoms. The van der Waals surface area contributed by atoms with Gasteiger partial charge in [-0.15, -0.1) is 0 Å². The molecule has 2 unspecified atom stereocenters. The van der Waals surface area contributed by atoms with Gasteiger partial charge in [0.25, 0.3) is 0 Å². The zero-order valence-electron chi connectivity index (χ0n) is 7.84. The molecule has 0 aromatic heterocycles. The topological polar surface area (TPSA) is 20.3 Å². The van der Waals surface area contributed by atoms with Crippen molar-refractivity contribution in [2.24, 2.45) is 5.92 Å².